The summed E-state index contributed by atoms with van der Waals surface area (Å²) in [6, 6.07) is 0. The highest BCUT2D eigenvalue weighted by molar-refractivity contribution is 5.75. The van der Waals surface area contributed by atoms with Crippen LogP contribution >= 0.6 is 0 Å². The molecule has 22 heavy (non-hydrogen) atoms. The molecule has 0 amide bonds. The van der Waals surface area contributed by atoms with Gasteiger partial charge < -0.3 is 5.73 Å². The molecule has 2 rings (SSSR count). The van der Waals surface area contributed by atoms with E-state index in [-0.39, 0.29) is 0 Å². The van der Waals surface area contributed by atoms with Crippen LogP contribution in [0.1, 0.15) is 44.2 Å². The van der Waals surface area contributed by atoms with Crippen LogP contribution in [-0.4, -0.2) is 15.0 Å². The fraction of sp³-hybridized carbons (Fsp3) is 0.278. The summed E-state index contributed by atoms with van der Waals surface area (Å²) in [4.78, 5) is 13.6. The first-order chi connectivity index (χ1) is 10.7. The van der Waals surface area contributed by atoms with E-state index in [0.29, 0.717) is 11.6 Å². The Morgan fingerprint density at radius 2 is 1.95 bits per heavy atom. The summed E-state index contributed by atoms with van der Waals surface area (Å²) in [7, 11) is 0. The van der Waals surface area contributed by atoms with Crippen LogP contribution in [0.15, 0.2) is 48.2 Å². The van der Waals surface area contributed by atoms with Crippen LogP contribution in [0.4, 0.5) is 0 Å². The Kier molecular flexibility index (Phi) is 5.42. The third-order valence-corrected chi connectivity index (χ3v) is 3.44. The topological polar surface area (TPSA) is 64.7 Å². The van der Waals surface area contributed by atoms with E-state index in [1.54, 1.807) is 6.08 Å². The number of hydrogen-bond acceptors (Lipinski definition) is 4. The van der Waals surface area contributed by atoms with Gasteiger partial charge in [-0.1, -0.05) is 36.0 Å². The van der Waals surface area contributed by atoms with Crippen LogP contribution in [0.3, 0.4) is 0 Å². The molecule has 0 bridgehead atoms. The van der Waals surface area contributed by atoms with Gasteiger partial charge in [0.15, 0.2) is 11.6 Å². The van der Waals surface area contributed by atoms with E-state index >= 15 is 0 Å². The maximum Gasteiger partial charge on any atom is 0.163 e. The first-order valence-corrected chi connectivity index (χ1v) is 7.45. The second-order valence-corrected chi connectivity index (χ2v) is 5.14. The van der Waals surface area contributed by atoms with Gasteiger partial charge in [-0.2, -0.15) is 0 Å². The highest BCUT2D eigenvalue weighted by Gasteiger charge is 2.11. The Labute approximate surface area is 131 Å². The zero-order chi connectivity index (χ0) is 15.9. The van der Waals surface area contributed by atoms with Crippen LogP contribution in [0.2, 0.25) is 0 Å². The van der Waals surface area contributed by atoms with E-state index in [9.17, 15) is 0 Å². The molecule has 0 aliphatic heterocycles. The molecule has 2 N–H and O–H groups in total. The van der Waals surface area contributed by atoms with Gasteiger partial charge in [-0.25, -0.2) is 15.0 Å². The lowest BCUT2D eigenvalue weighted by Crippen LogP contribution is -2.05. The number of aryl methyl sites for hydroxylation is 1. The predicted octanol–water partition coefficient (Wildman–Crippen LogP) is 3.74. The van der Waals surface area contributed by atoms with Gasteiger partial charge in [0.05, 0.1) is 0 Å². The van der Waals surface area contributed by atoms with E-state index in [1.165, 1.54) is 11.8 Å². The van der Waals surface area contributed by atoms with Gasteiger partial charge in [-0.3, -0.25) is 0 Å². The van der Waals surface area contributed by atoms with Gasteiger partial charge in [-0.15, -0.1) is 0 Å². The molecule has 0 unspecified atom stereocenters. The number of aromatic nitrogens is 3. The molecule has 0 fully saturated rings. The zero-order valence-corrected chi connectivity index (χ0v) is 13.4. The summed E-state index contributed by atoms with van der Waals surface area (Å²) in [5.74, 6) is 2.07. The molecule has 0 saturated carbocycles. The van der Waals surface area contributed by atoms with Crippen LogP contribution in [0.25, 0.3) is 11.1 Å². The summed E-state index contributed by atoms with van der Waals surface area (Å²) in [5, 5.41) is 0. The first kappa shape index (κ1) is 15.9. The van der Waals surface area contributed by atoms with Crippen LogP contribution in [0, 0.1) is 6.92 Å². The normalized spacial score (nSPS) is 22.4. The van der Waals surface area contributed by atoms with Gasteiger partial charge in [0, 0.05) is 11.1 Å². The minimum absolute atomic E-state index is 0.651. The Bertz CT molecular complexity index is 691. The van der Waals surface area contributed by atoms with Crippen molar-refractivity contribution >= 4 is 11.1 Å². The summed E-state index contributed by atoms with van der Waals surface area (Å²) >= 11 is 0. The van der Waals surface area contributed by atoms with Crippen molar-refractivity contribution in [3.63, 3.8) is 0 Å². The molecule has 1 aliphatic carbocycles. The molecule has 1 aliphatic rings. The third-order valence-electron chi connectivity index (χ3n) is 3.44. The third kappa shape index (κ3) is 3.79. The molecule has 0 saturated heterocycles. The molecule has 114 valence electrons. The molecule has 1 aromatic heterocycles. The first-order valence-electron chi connectivity index (χ1n) is 7.45. The van der Waals surface area contributed by atoms with Crippen LogP contribution in [-0.2, 0) is 0 Å². The molecule has 4 nitrogen and oxygen atoms in total. The van der Waals surface area contributed by atoms with Gasteiger partial charge in [0.25, 0.3) is 0 Å². The fourth-order valence-corrected chi connectivity index (χ4v) is 2.27. The minimum atomic E-state index is 0.651. The van der Waals surface area contributed by atoms with Crippen molar-refractivity contribution < 1.29 is 0 Å². The number of nitrogens with two attached hydrogens (primary N) is 1. The van der Waals surface area contributed by atoms with Crippen molar-refractivity contribution in [2.24, 2.45) is 5.73 Å². The molecular weight excluding hydrogens is 272 g/mol. The van der Waals surface area contributed by atoms with E-state index in [4.69, 9.17) is 5.73 Å². The van der Waals surface area contributed by atoms with Gasteiger partial charge >= 0.3 is 0 Å². The lowest BCUT2D eigenvalue weighted by atomic mass is 10.0. The largest absolute Gasteiger partial charge is 0.405 e. The molecule has 0 radical (unpaired) electrons. The fourth-order valence-electron chi connectivity index (χ4n) is 2.27. The molecule has 0 spiro atoms. The predicted molar refractivity (Wildman–Crippen MR) is 91.7 cm³/mol. The van der Waals surface area contributed by atoms with Crippen molar-refractivity contribution in [1.29, 1.82) is 0 Å². The number of nitrogens with zero attached hydrogens (tertiary/aromatic N) is 3. The van der Waals surface area contributed by atoms with E-state index in [1.807, 2.05) is 19.9 Å². The zero-order valence-electron chi connectivity index (χ0n) is 13.4. The number of hydrogen-bond donors (Lipinski definition) is 1. The molecule has 1 aromatic rings. The second-order valence-electron chi connectivity index (χ2n) is 5.14. The van der Waals surface area contributed by atoms with Crippen LogP contribution in [0.5, 0.6) is 0 Å². The average Bonchev–Trinajstić information content (AvgIpc) is 2.48. The minimum Gasteiger partial charge on any atom is -0.405 e. The van der Waals surface area contributed by atoms with E-state index < -0.39 is 0 Å². The smallest absolute Gasteiger partial charge is 0.163 e. The van der Waals surface area contributed by atoms with Gasteiger partial charge in [0.2, 0.25) is 0 Å². The lowest BCUT2D eigenvalue weighted by molar-refractivity contribution is 0.930. The summed E-state index contributed by atoms with van der Waals surface area (Å²) in [6.07, 6.45) is 15.7. The maximum absolute atomic E-state index is 5.50. The lowest BCUT2D eigenvalue weighted by Gasteiger charge is -2.10. The second kappa shape index (κ2) is 7.50. The maximum atomic E-state index is 5.50. The summed E-state index contributed by atoms with van der Waals surface area (Å²) in [5.41, 5.74) is 8.71. The Hall–Kier alpha value is -2.49. The Balaban J connectivity index is 2.54. The Morgan fingerprint density at radius 1 is 1.14 bits per heavy atom. The van der Waals surface area contributed by atoms with E-state index in [2.05, 4.69) is 46.2 Å². The monoisotopic (exact) mass is 294 g/mol. The standard InChI is InChI=1S/C18H22N4/c1-4-15(11-12-19)17-20-14(3)21-18(22-17)16-10-8-6-5-7-9-13(16)2/h4-5,7-8,10-12H,6,9,19H2,1-3H3/b7-5-,10-8-,12-11-,15-4+,16-13-. The van der Waals surface area contributed by atoms with Gasteiger partial charge in [0.1, 0.15) is 5.82 Å². The highest BCUT2D eigenvalue weighted by Crippen LogP contribution is 2.23. The van der Waals surface area contributed by atoms with Crippen molar-refractivity contribution in [2.75, 3.05) is 0 Å². The van der Waals surface area contributed by atoms with Crippen molar-refractivity contribution in [3.05, 3.63) is 65.7 Å². The number of rotatable bonds is 3. The highest BCUT2D eigenvalue weighted by atomic mass is 15.0. The average molecular weight is 294 g/mol. The van der Waals surface area contributed by atoms with Crippen molar-refractivity contribution in [1.82, 2.24) is 15.0 Å². The summed E-state index contributed by atoms with van der Waals surface area (Å²) < 4.78 is 0. The van der Waals surface area contributed by atoms with Gasteiger partial charge in [-0.05, 0) is 45.9 Å². The van der Waals surface area contributed by atoms with E-state index in [0.717, 1.165) is 29.8 Å². The molecule has 0 aromatic carbocycles. The molecule has 1 heterocycles. The summed E-state index contributed by atoms with van der Waals surface area (Å²) in [6.45, 7) is 5.94. The van der Waals surface area contributed by atoms with Crippen LogP contribution < -0.4 is 5.73 Å². The molecular formula is C18H22N4. The number of allylic oxidation sites excluding steroid dienone is 9. The Morgan fingerprint density at radius 3 is 2.68 bits per heavy atom. The molecule has 4 heteroatoms. The van der Waals surface area contributed by atoms with Crippen molar-refractivity contribution in [3.8, 4) is 0 Å². The quantitative estimate of drug-likeness (QED) is 0.681. The van der Waals surface area contributed by atoms with Crippen molar-refractivity contribution in [2.45, 2.75) is 33.6 Å². The SMILES string of the molecule is C/C=C(\C=C/N)c1nc(C)nc(C2=C(/C)C/C=C\C/C=C\2)n1. The molecule has 0 atom stereocenters.